The zero-order valence-corrected chi connectivity index (χ0v) is 46.3. The van der Waals surface area contributed by atoms with Crippen molar-refractivity contribution >= 4 is 12.3 Å². The van der Waals surface area contributed by atoms with Crippen LogP contribution in [-0.2, 0) is 47.4 Å². The SMILES string of the molecule is CC1(C)CC(OC(=O)O)C2(CO)C(OC(=O)O)CC3(C)C(=CCC4C5(C)CCC(OC6OCC(OC7OC(CO)C(O)C(O)C7OC7OCC(O)C(O)C7O)C(O)C6OC6OC(CO)C(O)C(O)C6O)C(C)(C)C5CCC43C)C2C1. The van der Waals surface area contributed by atoms with Gasteiger partial charge >= 0.3 is 12.3 Å². The van der Waals surface area contributed by atoms with Gasteiger partial charge in [0, 0.05) is 0 Å². The van der Waals surface area contributed by atoms with Gasteiger partial charge in [0.25, 0.3) is 0 Å². The Morgan fingerprint density at radius 3 is 1.77 bits per heavy atom. The van der Waals surface area contributed by atoms with Gasteiger partial charge in [-0.15, -0.1) is 0 Å². The smallest absolute Gasteiger partial charge is 0.450 e. The predicted molar refractivity (Wildman–Crippen MR) is 267 cm³/mol. The molecular weight excluding hydrogens is 1060 g/mol. The molecule has 4 heterocycles. The molecular formula is C54H86O26. The summed E-state index contributed by atoms with van der Waals surface area (Å²) in [5.41, 5.74) is -2.91. The third kappa shape index (κ3) is 10.3. The lowest BCUT2D eigenvalue weighted by atomic mass is 9.33. The van der Waals surface area contributed by atoms with Crippen LogP contribution in [0.2, 0.25) is 0 Å². The molecule has 4 aliphatic heterocycles. The molecule has 5 aliphatic carbocycles. The van der Waals surface area contributed by atoms with Crippen molar-refractivity contribution in [3.63, 3.8) is 0 Å². The summed E-state index contributed by atoms with van der Waals surface area (Å²) in [6.45, 7) is 11.8. The van der Waals surface area contributed by atoms with Gasteiger partial charge in [-0.25, -0.2) is 9.59 Å². The Hall–Kier alpha value is -2.52. The molecule has 4 saturated heterocycles. The number of rotatable bonds is 13. The monoisotopic (exact) mass is 1150 g/mol. The number of allylic oxidation sites excluding steroid dienone is 2. The molecule has 0 amide bonds. The zero-order chi connectivity index (χ0) is 58.6. The Labute approximate surface area is 463 Å². The predicted octanol–water partition coefficient (Wildman–Crippen LogP) is -0.937. The molecule has 8 fully saturated rings. The van der Waals surface area contributed by atoms with E-state index in [0.717, 1.165) is 5.57 Å². The topological polar surface area (TPSA) is 410 Å². The number of carbonyl (C=O) groups is 2. The van der Waals surface area contributed by atoms with Crippen LogP contribution in [0.25, 0.3) is 0 Å². The first kappa shape index (κ1) is 62.0. The van der Waals surface area contributed by atoms with Crippen LogP contribution in [0.15, 0.2) is 11.6 Å². The van der Waals surface area contributed by atoms with Crippen LogP contribution in [0.4, 0.5) is 9.59 Å². The van der Waals surface area contributed by atoms with Crippen molar-refractivity contribution in [1.82, 2.24) is 0 Å². The van der Waals surface area contributed by atoms with Crippen molar-refractivity contribution in [3.05, 3.63) is 11.6 Å². The Morgan fingerprint density at radius 2 is 1.15 bits per heavy atom. The largest absolute Gasteiger partial charge is 0.506 e. The molecule has 26 heteroatoms. The van der Waals surface area contributed by atoms with Crippen LogP contribution < -0.4 is 0 Å². The Morgan fingerprint density at radius 1 is 0.575 bits per heavy atom. The highest BCUT2D eigenvalue weighted by atomic mass is 16.8. The number of hydrogen-bond donors (Lipinski definition) is 14. The first-order chi connectivity index (χ1) is 37.4. The van der Waals surface area contributed by atoms with E-state index in [9.17, 15) is 81.1 Å². The number of carboxylic acid groups (broad SMARTS) is 2. The molecule has 9 aliphatic rings. The Bertz CT molecular complexity index is 2230. The van der Waals surface area contributed by atoms with Crippen LogP contribution in [0.3, 0.4) is 0 Å². The molecule has 0 aromatic heterocycles. The summed E-state index contributed by atoms with van der Waals surface area (Å²) in [5.74, 6) is -0.472. The van der Waals surface area contributed by atoms with Crippen molar-refractivity contribution in [3.8, 4) is 0 Å². The fourth-order valence-electron chi connectivity index (χ4n) is 16.8. The van der Waals surface area contributed by atoms with Gasteiger partial charge in [-0.1, -0.05) is 60.1 Å². The van der Waals surface area contributed by atoms with E-state index in [1.165, 1.54) is 0 Å². The molecule has 80 heavy (non-hydrogen) atoms. The molecule has 0 radical (unpaired) electrons. The van der Waals surface area contributed by atoms with Crippen LogP contribution in [0, 0.1) is 50.2 Å². The highest BCUT2D eigenvalue weighted by Gasteiger charge is 2.73. The van der Waals surface area contributed by atoms with E-state index in [0.29, 0.717) is 38.5 Å². The number of ether oxygens (including phenoxy) is 10. The lowest BCUT2D eigenvalue weighted by Crippen LogP contribution is -2.70. The number of hydrogen-bond acceptors (Lipinski definition) is 24. The van der Waals surface area contributed by atoms with Gasteiger partial charge in [0.1, 0.15) is 97.7 Å². The number of fused-ring (bicyclic) bond motifs is 7. The third-order valence-electron chi connectivity index (χ3n) is 21.3. The van der Waals surface area contributed by atoms with Crippen LogP contribution >= 0.6 is 0 Å². The maximum atomic E-state index is 12.6. The first-order valence-electron chi connectivity index (χ1n) is 28.1. The van der Waals surface area contributed by atoms with E-state index in [4.69, 9.17) is 47.4 Å². The molecule has 14 N–H and O–H groups in total. The van der Waals surface area contributed by atoms with Gasteiger partial charge in [0.05, 0.1) is 44.6 Å². The van der Waals surface area contributed by atoms with Crippen molar-refractivity contribution in [2.75, 3.05) is 33.0 Å². The van der Waals surface area contributed by atoms with Crippen molar-refractivity contribution in [1.29, 1.82) is 0 Å². The maximum absolute atomic E-state index is 12.6. The zero-order valence-electron chi connectivity index (χ0n) is 46.3. The lowest BCUT2D eigenvalue weighted by molar-refractivity contribution is -0.392. The van der Waals surface area contributed by atoms with E-state index < -0.39 is 207 Å². The number of aliphatic hydroxyl groups is 12. The molecule has 9 rings (SSSR count). The molecule has 4 saturated carbocycles. The van der Waals surface area contributed by atoms with E-state index in [1.807, 2.05) is 13.8 Å². The molecule has 458 valence electrons. The molecule has 28 atom stereocenters. The Kier molecular flexibility index (Phi) is 17.6. The van der Waals surface area contributed by atoms with Crippen molar-refractivity contribution in [2.45, 2.75) is 229 Å². The molecule has 28 unspecified atom stereocenters. The number of aliphatic hydroxyl groups excluding tert-OH is 12. The van der Waals surface area contributed by atoms with Crippen molar-refractivity contribution < 1.29 is 128 Å². The van der Waals surface area contributed by atoms with Gasteiger partial charge in [-0.2, -0.15) is 0 Å². The summed E-state index contributed by atoms with van der Waals surface area (Å²) in [6.07, 6.45) is -30.2. The minimum absolute atomic E-state index is 0.0226. The highest BCUT2D eigenvalue weighted by molar-refractivity contribution is 5.58. The fourth-order valence-corrected chi connectivity index (χ4v) is 16.8. The normalized spacial score (nSPS) is 51.8. The van der Waals surface area contributed by atoms with E-state index >= 15 is 0 Å². The van der Waals surface area contributed by atoms with Crippen LogP contribution in [0.5, 0.6) is 0 Å². The second-order valence-electron chi connectivity index (χ2n) is 26.3. The van der Waals surface area contributed by atoms with Crippen LogP contribution in [0.1, 0.15) is 99.8 Å². The van der Waals surface area contributed by atoms with Gasteiger partial charge in [-0.3, -0.25) is 0 Å². The van der Waals surface area contributed by atoms with E-state index in [1.54, 1.807) is 0 Å². The third-order valence-corrected chi connectivity index (χ3v) is 21.3. The standard InChI is InChI=1S/C54H86O26/c1-49(2)14-23-22-8-9-29-51(5)12-11-30(50(3,4)28(51)10-13-52(29,6)53(22,7)16-32(78-48(69)70)54(23,21-57)31(15-49)77-47(67)68)76-45-41(80-44-40(66)37(63)34(60)25(17-55)73-44)36(62)27(20-72-45)75-46-42(38(64)35(61)26(18-56)74-46)79-43-39(65)33(59)24(58)19-71-43/h8,23-46,55-66H,9-21H2,1-7H3,(H,67,68)(H,69,70). The average Bonchev–Trinajstić information content (AvgIpc) is 3.45. The van der Waals surface area contributed by atoms with Crippen LogP contribution in [-0.4, -0.2) is 246 Å². The van der Waals surface area contributed by atoms with Gasteiger partial charge in [0.15, 0.2) is 25.2 Å². The van der Waals surface area contributed by atoms with E-state index in [-0.39, 0.29) is 30.1 Å². The summed E-state index contributed by atoms with van der Waals surface area (Å²) in [5, 5.41) is 150. The summed E-state index contributed by atoms with van der Waals surface area (Å²) in [4.78, 5) is 24.8. The molecule has 0 bridgehead atoms. The van der Waals surface area contributed by atoms with Gasteiger partial charge in [-0.05, 0) is 96.2 Å². The quantitative estimate of drug-likeness (QED) is 0.0601. The molecule has 0 spiro atoms. The minimum atomic E-state index is -1.94. The fraction of sp³-hybridized carbons (Fsp3) is 0.926. The second kappa shape index (κ2) is 22.7. The summed E-state index contributed by atoms with van der Waals surface area (Å²) < 4.78 is 59.9. The summed E-state index contributed by atoms with van der Waals surface area (Å²) in [6, 6.07) is 0. The lowest BCUT2D eigenvalue weighted by Gasteiger charge is -2.72. The van der Waals surface area contributed by atoms with E-state index in [2.05, 4.69) is 40.7 Å². The second-order valence-corrected chi connectivity index (χ2v) is 26.3. The Balaban J connectivity index is 0.991. The first-order valence-corrected chi connectivity index (χ1v) is 28.1. The molecule has 0 aromatic rings. The average molecular weight is 1150 g/mol. The maximum Gasteiger partial charge on any atom is 0.506 e. The van der Waals surface area contributed by atoms with Gasteiger partial charge < -0.3 is 119 Å². The van der Waals surface area contributed by atoms with Crippen molar-refractivity contribution in [2.24, 2.45) is 50.2 Å². The summed E-state index contributed by atoms with van der Waals surface area (Å²) >= 11 is 0. The minimum Gasteiger partial charge on any atom is -0.450 e. The van der Waals surface area contributed by atoms with Gasteiger partial charge in [0.2, 0.25) is 0 Å². The molecule has 26 nitrogen and oxygen atoms in total. The molecule has 0 aromatic carbocycles. The summed E-state index contributed by atoms with van der Waals surface area (Å²) in [7, 11) is 0. The highest BCUT2D eigenvalue weighted by Crippen LogP contribution is 2.76.